The van der Waals surface area contributed by atoms with Gasteiger partial charge in [-0.15, -0.1) is 0 Å². The van der Waals surface area contributed by atoms with E-state index in [0.717, 1.165) is 43.2 Å². The summed E-state index contributed by atoms with van der Waals surface area (Å²) in [4.78, 5) is 22.6. The highest BCUT2D eigenvalue weighted by molar-refractivity contribution is 5.79. The number of morpholine rings is 1. The highest BCUT2D eigenvalue weighted by Crippen LogP contribution is 2.26. The van der Waals surface area contributed by atoms with Crippen LogP contribution in [0.25, 0.3) is 11.3 Å². The van der Waals surface area contributed by atoms with Gasteiger partial charge >= 0.3 is 0 Å². The lowest BCUT2D eigenvalue weighted by Crippen LogP contribution is -2.36. The van der Waals surface area contributed by atoms with E-state index in [9.17, 15) is 15.2 Å². The Kier molecular flexibility index (Phi) is 8.28. The van der Waals surface area contributed by atoms with Crippen LogP contribution in [0.5, 0.6) is 5.75 Å². The minimum atomic E-state index is -1.08. The molecule has 36 heavy (non-hydrogen) atoms. The van der Waals surface area contributed by atoms with Gasteiger partial charge in [0.05, 0.1) is 31.0 Å². The summed E-state index contributed by atoms with van der Waals surface area (Å²) in [6.07, 6.45) is 0.578. The summed E-state index contributed by atoms with van der Waals surface area (Å²) in [5, 5.41) is 24.6. The molecule has 10 heteroatoms. The van der Waals surface area contributed by atoms with Crippen molar-refractivity contribution in [1.82, 2.24) is 15.3 Å². The van der Waals surface area contributed by atoms with E-state index in [1.54, 1.807) is 24.4 Å². The molecular formula is C26H28N6O4. The summed E-state index contributed by atoms with van der Waals surface area (Å²) >= 11 is 0. The van der Waals surface area contributed by atoms with Crippen LogP contribution < -0.4 is 20.3 Å². The van der Waals surface area contributed by atoms with Crippen molar-refractivity contribution < 1.29 is 19.4 Å². The van der Waals surface area contributed by atoms with Crippen molar-refractivity contribution in [2.24, 2.45) is 0 Å². The van der Waals surface area contributed by atoms with Crippen LogP contribution in [0.3, 0.4) is 0 Å². The number of anilines is 3. The van der Waals surface area contributed by atoms with Crippen LogP contribution in [-0.4, -0.2) is 66.5 Å². The Bertz CT molecular complexity index is 1220. The van der Waals surface area contributed by atoms with E-state index in [-0.39, 0.29) is 13.2 Å². The van der Waals surface area contributed by atoms with Crippen LogP contribution in [0.4, 0.5) is 17.3 Å². The number of nitrogens with one attached hydrogen (secondary N) is 2. The molecule has 1 fully saturated rings. The molecule has 0 saturated carbocycles. The Morgan fingerprint density at radius 2 is 2.00 bits per heavy atom. The van der Waals surface area contributed by atoms with E-state index in [4.69, 9.17) is 9.47 Å². The van der Waals surface area contributed by atoms with Crippen molar-refractivity contribution in [3.63, 3.8) is 0 Å². The molecule has 0 bridgehead atoms. The fraction of sp³-hybridized carbons (Fsp3) is 0.308. The van der Waals surface area contributed by atoms with Gasteiger partial charge in [0.25, 0.3) is 0 Å². The van der Waals surface area contributed by atoms with Crippen LogP contribution in [-0.2, 0) is 9.53 Å². The number of amides is 1. The summed E-state index contributed by atoms with van der Waals surface area (Å²) in [5.74, 6) is 0.371. The van der Waals surface area contributed by atoms with Crippen LogP contribution in [0.2, 0.25) is 0 Å². The number of hydrogen-bond donors (Lipinski definition) is 3. The van der Waals surface area contributed by atoms with Gasteiger partial charge in [0.2, 0.25) is 11.9 Å². The maximum absolute atomic E-state index is 11.4. The Hall–Kier alpha value is -4.20. The van der Waals surface area contributed by atoms with Gasteiger partial charge in [0.1, 0.15) is 24.5 Å². The van der Waals surface area contributed by atoms with E-state index < -0.39 is 12.0 Å². The highest BCUT2D eigenvalue weighted by Gasteiger charge is 2.12. The number of aliphatic hydroxyl groups is 1. The largest absolute Gasteiger partial charge is 0.490 e. The molecule has 1 aliphatic heterocycles. The highest BCUT2D eigenvalue weighted by atomic mass is 16.5. The molecule has 0 spiro atoms. The van der Waals surface area contributed by atoms with Crippen molar-refractivity contribution >= 4 is 23.2 Å². The number of carbonyl (C=O) groups excluding carboxylic acids is 1. The van der Waals surface area contributed by atoms with Gasteiger partial charge in [-0.2, -0.15) is 5.26 Å². The Labute approximate surface area is 209 Å². The summed E-state index contributed by atoms with van der Waals surface area (Å²) < 4.78 is 11.0. The molecule has 1 atom stereocenters. The van der Waals surface area contributed by atoms with Crippen LogP contribution in [0.15, 0.2) is 54.7 Å². The predicted octanol–water partition coefficient (Wildman–Crippen LogP) is 2.47. The number of hydrogen-bond acceptors (Lipinski definition) is 9. The second kappa shape index (κ2) is 12.0. The molecular weight excluding hydrogens is 460 g/mol. The molecule has 0 aliphatic carbocycles. The fourth-order valence-corrected chi connectivity index (χ4v) is 3.67. The molecule has 3 aromatic rings. The maximum Gasteiger partial charge on any atom is 0.248 e. The van der Waals surface area contributed by atoms with Gasteiger partial charge in [0.15, 0.2) is 0 Å². The van der Waals surface area contributed by atoms with E-state index >= 15 is 0 Å². The average molecular weight is 489 g/mol. The zero-order chi connectivity index (χ0) is 25.3. The van der Waals surface area contributed by atoms with Gasteiger partial charge in [-0.25, -0.2) is 9.97 Å². The molecule has 0 unspecified atom stereocenters. The summed E-state index contributed by atoms with van der Waals surface area (Å²) in [6.45, 7) is 5.01. The minimum absolute atomic E-state index is 0.165. The summed E-state index contributed by atoms with van der Waals surface area (Å²) in [6, 6.07) is 17.2. The third-order valence-corrected chi connectivity index (χ3v) is 5.59. The lowest BCUT2D eigenvalue weighted by molar-refractivity contribution is -0.128. The molecule has 1 aromatic heterocycles. The van der Waals surface area contributed by atoms with Crippen molar-refractivity contribution in [2.45, 2.75) is 13.0 Å². The first-order valence-electron chi connectivity index (χ1n) is 11.7. The normalized spacial score (nSPS) is 14.0. The fourth-order valence-electron chi connectivity index (χ4n) is 3.67. The Balaban J connectivity index is 1.40. The molecule has 186 valence electrons. The number of aromatic nitrogens is 2. The second-order valence-electron chi connectivity index (χ2n) is 8.17. The van der Waals surface area contributed by atoms with Gasteiger partial charge in [0, 0.05) is 36.2 Å². The average Bonchev–Trinajstić information content (AvgIpc) is 2.92. The molecule has 2 aromatic carbocycles. The third kappa shape index (κ3) is 6.47. The first-order chi connectivity index (χ1) is 17.5. The van der Waals surface area contributed by atoms with Crippen molar-refractivity contribution in [3.05, 3.63) is 60.3 Å². The van der Waals surface area contributed by atoms with E-state index in [0.29, 0.717) is 23.0 Å². The number of ether oxygens (including phenoxy) is 2. The minimum Gasteiger partial charge on any atom is -0.490 e. The van der Waals surface area contributed by atoms with E-state index in [2.05, 4.69) is 43.7 Å². The molecule has 1 aliphatic rings. The van der Waals surface area contributed by atoms with Crippen LogP contribution in [0.1, 0.15) is 12.5 Å². The molecule has 10 nitrogen and oxygen atoms in total. The van der Waals surface area contributed by atoms with Gasteiger partial charge in [-0.05, 0) is 55.5 Å². The first-order valence-corrected chi connectivity index (χ1v) is 11.7. The molecule has 2 heterocycles. The topological polar surface area (TPSA) is 133 Å². The standard InChI is InChI=1S/C26H28N6O4/c1-18(33)25(34)28-10-13-36-24-7-2-19(16-20(24)17-27)23-8-9-29-26(31-23)30-21-3-5-22(6-4-21)32-11-14-35-15-12-32/h2-9,16,18,33H,10-15H2,1H3,(H,28,34)(H,29,30,31)/t18-/m0/s1. The molecule has 1 saturated heterocycles. The lowest BCUT2D eigenvalue weighted by Gasteiger charge is -2.28. The molecule has 0 radical (unpaired) electrons. The van der Waals surface area contributed by atoms with Crippen molar-refractivity contribution in [1.29, 1.82) is 5.26 Å². The Morgan fingerprint density at radius 1 is 1.22 bits per heavy atom. The molecule has 3 N–H and O–H groups in total. The number of rotatable bonds is 9. The number of benzene rings is 2. The Morgan fingerprint density at radius 3 is 2.72 bits per heavy atom. The van der Waals surface area contributed by atoms with Crippen LogP contribution >= 0.6 is 0 Å². The zero-order valence-electron chi connectivity index (χ0n) is 20.0. The monoisotopic (exact) mass is 488 g/mol. The first kappa shape index (κ1) is 24.9. The zero-order valence-corrected chi connectivity index (χ0v) is 20.0. The van der Waals surface area contributed by atoms with Gasteiger partial charge in [-0.1, -0.05) is 0 Å². The quantitative estimate of drug-likeness (QED) is 0.389. The van der Waals surface area contributed by atoms with Crippen LogP contribution in [0, 0.1) is 11.3 Å². The van der Waals surface area contributed by atoms with Gasteiger partial charge < -0.3 is 30.1 Å². The summed E-state index contributed by atoms with van der Waals surface area (Å²) in [7, 11) is 0. The third-order valence-electron chi connectivity index (χ3n) is 5.59. The second-order valence-corrected chi connectivity index (χ2v) is 8.17. The van der Waals surface area contributed by atoms with E-state index in [1.807, 2.05) is 18.2 Å². The van der Waals surface area contributed by atoms with E-state index in [1.165, 1.54) is 6.92 Å². The molecule has 1 amide bonds. The van der Waals surface area contributed by atoms with Crippen molar-refractivity contribution in [3.8, 4) is 23.1 Å². The maximum atomic E-state index is 11.4. The number of nitrogens with zero attached hydrogens (tertiary/aromatic N) is 4. The number of aliphatic hydroxyl groups excluding tert-OH is 1. The SMILES string of the molecule is C[C@H](O)C(=O)NCCOc1ccc(-c2ccnc(Nc3ccc(N4CCOCC4)cc3)n2)cc1C#N. The predicted molar refractivity (Wildman–Crippen MR) is 135 cm³/mol. The lowest BCUT2D eigenvalue weighted by atomic mass is 10.1. The smallest absolute Gasteiger partial charge is 0.248 e. The molecule has 4 rings (SSSR count). The van der Waals surface area contributed by atoms with Crippen molar-refractivity contribution in [2.75, 3.05) is 49.7 Å². The number of nitriles is 1. The van der Waals surface area contributed by atoms with Gasteiger partial charge in [-0.3, -0.25) is 4.79 Å². The summed E-state index contributed by atoms with van der Waals surface area (Å²) in [5.41, 5.74) is 3.77. The number of carbonyl (C=O) groups is 1.